The van der Waals surface area contributed by atoms with Crippen molar-refractivity contribution in [2.75, 3.05) is 6.61 Å². The zero-order valence-electron chi connectivity index (χ0n) is 17.1. The van der Waals surface area contributed by atoms with Crippen LogP contribution >= 0.6 is 39.1 Å². The van der Waals surface area contributed by atoms with Crippen molar-refractivity contribution < 1.29 is 14.3 Å². The smallest absolute Gasteiger partial charge is 0.261 e. The molecule has 2 unspecified atom stereocenters. The number of nitrogens with zero attached hydrogens (tertiary/aromatic N) is 1. The molecule has 0 saturated heterocycles. The topological polar surface area (TPSA) is 58.6 Å². The lowest BCUT2D eigenvalue weighted by Crippen LogP contribution is -2.50. The second kappa shape index (κ2) is 11.6. The molecule has 30 heavy (non-hydrogen) atoms. The van der Waals surface area contributed by atoms with Crippen LogP contribution in [0, 0.1) is 0 Å². The first kappa shape index (κ1) is 24.5. The summed E-state index contributed by atoms with van der Waals surface area (Å²) in [6, 6.07) is 11.7. The van der Waals surface area contributed by atoms with Crippen molar-refractivity contribution in [2.24, 2.45) is 0 Å². The average molecular weight is 516 g/mol. The van der Waals surface area contributed by atoms with E-state index in [1.54, 1.807) is 31.2 Å². The van der Waals surface area contributed by atoms with Crippen LogP contribution in [0.1, 0.15) is 32.8 Å². The van der Waals surface area contributed by atoms with Crippen LogP contribution in [0.25, 0.3) is 0 Å². The quantitative estimate of drug-likeness (QED) is 0.482. The Bertz CT molecular complexity index is 894. The molecular weight excluding hydrogens is 491 g/mol. The summed E-state index contributed by atoms with van der Waals surface area (Å²) in [5.74, 6) is -0.185. The van der Waals surface area contributed by atoms with Crippen LogP contribution in [0.5, 0.6) is 5.75 Å². The van der Waals surface area contributed by atoms with Gasteiger partial charge in [-0.2, -0.15) is 0 Å². The Balaban J connectivity index is 2.19. The molecule has 0 aromatic heterocycles. The first-order valence-corrected chi connectivity index (χ1v) is 11.2. The van der Waals surface area contributed by atoms with Crippen molar-refractivity contribution in [3.63, 3.8) is 0 Å². The number of hydrogen-bond donors (Lipinski definition) is 1. The summed E-state index contributed by atoms with van der Waals surface area (Å²) in [7, 11) is 0. The van der Waals surface area contributed by atoms with Gasteiger partial charge in [0.05, 0.1) is 5.02 Å². The number of halogens is 3. The van der Waals surface area contributed by atoms with Crippen LogP contribution in [0.15, 0.2) is 46.9 Å². The molecule has 8 heteroatoms. The van der Waals surface area contributed by atoms with E-state index in [1.165, 1.54) is 4.90 Å². The van der Waals surface area contributed by atoms with Crippen LogP contribution < -0.4 is 10.1 Å². The van der Waals surface area contributed by atoms with Gasteiger partial charge in [-0.15, -0.1) is 0 Å². The predicted molar refractivity (Wildman–Crippen MR) is 124 cm³/mol. The highest BCUT2D eigenvalue weighted by atomic mass is 79.9. The third-order valence-corrected chi connectivity index (χ3v) is 5.87. The molecule has 2 atom stereocenters. The van der Waals surface area contributed by atoms with E-state index in [1.807, 2.05) is 32.0 Å². The number of rotatable bonds is 9. The van der Waals surface area contributed by atoms with E-state index < -0.39 is 6.04 Å². The molecule has 0 radical (unpaired) electrons. The summed E-state index contributed by atoms with van der Waals surface area (Å²) in [5, 5.41) is 3.84. The molecule has 1 N–H and O–H groups in total. The molecule has 0 aliphatic rings. The molecule has 0 aliphatic heterocycles. The average Bonchev–Trinajstić information content (AvgIpc) is 2.71. The fourth-order valence-corrected chi connectivity index (χ4v) is 3.60. The second-order valence-corrected chi connectivity index (χ2v) is 8.70. The minimum Gasteiger partial charge on any atom is -0.482 e. The van der Waals surface area contributed by atoms with E-state index in [9.17, 15) is 9.59 Å². The number of amides is 2. The van der Waals surface area contributed by atoms with Crippen molar-refractivity contribution in [1.82, 2.24) is 10.2 Å². The van der Waals surface area contributed by atoms with Crippen LogP contribution in [0.3, 0.4) is 0 Å². The van der Waals surface area contributed by atoms with Gasteiger partial charge in [0, 0.05) is 22.1 Å². The summed E-state index contributed by atoms with van der Waals surface area (Å²) >= 11 is 15.8. The summed E-state index contributed by atoms with van der Waals surface area (Å²) in [5.41, 5.74) is 0.748. The Labute approximate surface area is 195 Å². The van der Waals surface area contributed by atoms with Gasteiger partial charge in [0.25, 0.3) is 5.91 Å². The predicted octanol–water partition coefficient (Wildman–Crippen LogP) is 5.47. The van der Waals surface area contributed by atoms with E-state index in [4.69, 9.17) is 27.9 Å². The van der Waals surface area contributed by atoms with Crippen molar-refractivity contribution in [2.45, 2.75) is 45.8 Å². The van der Waals surface area contributed by atoms with Crippen LogP contribution in [-0.2, 0) is 16.1 Å². The lowest BCUT2D eigenvalue weighted by Gasteiger charge is -2.30. The highest BCUT2D eigenvalue weighted by molar-refractivity contribution is 9.10. The molecule has 2 aromatic rings. The molecule has 0 saturated carbocycles. The number of nitrogens with one attached hydrogen (secondary N) is 1. The maximum absolute atomic E-state index is 13.0. The van der Waals surface area contributed by atoms with Crippen LogP contribution in [-0.4, -0.2) is 35.4 Å². The van der Waals surface area contributed by atoms with E-state index in [-0.39, 0.29) is 31.0 Å². The van der Waals surface area contributed by atoms with Gasteiger partial charge < -0.3 is 15.0 Å². The molecular formula is C22H25BrCl2N2O3. The Hall–Kier alpha value is -1.76. The lowest BCUT2D eigenvalue weighted by atomic mass is 10.1. The van der Waals surface area contributed by atoms with Gasteiger partial charge in [-0.05, 0) is 50.1 Å². The highest BCUT2D eigenvalue weighted by Gasteiger charge is 2.27. The van der Waals surface area contributed by atoms with Gasteiger partial charge >= 0.3 is 0 Å². The summed E-state index contributed by atoms with van der Waals surface area (Å²) < 4.78 is 6.43. The second-order valence-electron chi connectivity index (χ2n) is 6.97. The van der Waals surface area contributed by atoms with E-state index in [0.29, 0.717) is 15.8 Å². The van der Waals surface area contributed by atoms with Crippen molar-refractivity contribution in [1.29, 1.82) is 0 Å². The van der Waals surface area contributed by atoms with Crippen LogP contribution in [0.2, 0.25) is 10.0 Å². The van der Waals surface area contributed by atoms with Gasteiger partial charge in [0.15, 0.2) is 6.61 Å². The fraction of sp³-hybridized carbons (Fsp3) is 0.364. The number of carbonyl (C=O) groups excluding carboxylic acids is 2. The van der Waals surface area contributed by atoms with Crippen molar-refractivity contribution in [3.05, 3.63) is 62.5 Å². The number of benzene rings is 2. The molecule has 5 nitrogen and oxygen atoms in total. The van der Waals surface area contributed by atoms with Gasteiger partial charge in [-0.1, -0.05) is 64.3 Å². The third kappa shape index (κ3) is 6.89. The standard InChI is InChI=1S/C22H25BrCl2N2O3/c1-4-14(2)26-22(29)15(3)27(12-16-7-5-6-8-18(16)24)21(28)13-30-20-10-9-17(23)11-19(20)25/h5-11,14-15H,4,12-13H2,1-3H3,(H,26,29). The Morgan fingerprint density at radius 1 is 1.13 bits per heavy atom. The Kier molecular flexibility index (Phi) is 9.46. The Morgan fingerprint density at radius 3 is 2.47 bits per heavy atom. The minimum atomic E-state index is -0.702. The largest absolute Gasteiger partial charge is 0.482 e. The first-order chi connectivity index (χ1) is 14.2. The van der Waals surface area contributed by atoms with Crippen LogP contribution in [0.4, 0.5) is 0 Å². The van der Waals surface area contributed by atoms with E-state index in [2.05, 4.69) is 21.2 Å². The summed E-state index contributed by atoms with van der Waals surface area (Å²) in [4.78, 5) is 27.2. The molecule has 0 aliphatic carbocycles. The SMILES string of the molecule is CCC(C)NC(=O)C(C)N(Cc1ccccc1Cl)C(=O)COc1ccc(Br)cc1Cl. The van der Waals surface area contributed by atoms with Crippen molar-refractivity contribution in [3.8, 4) is 5.75 Å². The third-order valence-electron chi connectivity index (χ3n) is 4.71. The van der Waals surface area contributed by atoms with Gasteiger partial charge in [-0.25, -0.2) is 0 Å². The maximum Gasteiger partial charge on any atom is 0.261 e. The molecule has 0 fully saturated rings. The van der Waals surface area contributed by atoms with Gasteiger partial charge in [-0.3, -0.25) is 9.59 Å². The zero-order valence-corrected chi connectivity index (χ0v) is 20.2. The van der Waals surface area contributed by atoms with E-state index >= 15 is 0 Å². The first-order valence-electron chi connectivity index (χ1n) is 9.64. The van der Waals surface area contributed by atoms with Crippen molar-refractivity contribution >= 4 is 50.9 Å². The molecule has 0 heterocycles. The number of ether oxygens (including phenoxy) is 1. The fourth-order valence-electron chi connectivity index (χ4n) is 2.67. The Morgan fingerprint density at radius 2 is 1.83 bits per heavy atom. The zero-order chi connectivity index (χ0) is 22.3. The monoisotopic (exact) mass is 514 g/mol. The van der Waals surface area contributed by atoms with Gasteiger partial charge in [0.2, 0.25) is 5.91 Å². The summed E-state index contributed by atoms with van der Waals surface area (Å²) in [6.45, 7) is 5.53. The summed E-state index contributed by atoms with van der Waals surface area (Å²) in [6.07, 6.45) is 0.794. The van der Waals surface area contributed by atoms with E-state index in [0.717, 1.165) is 16.5 Å². The molecule has 162 valence electrons. The van der Waals surface area contributed by atoms with Gasteiger partial charge in [0.1, 0.15) is 11.8 Å². The molecule has 0 spiro atoms. The molecule has 2 amide bonds. The lowest BCUT2D eigenvalue weighted by molar-refractivity contribution is -0.142. The molecule has 0 bridgehead atoms. The minimum absolute atomic E-state index is 0.00929. The maximum atomic E-state index is 13.0. The normalized spacial score (nSPS) is 12.7. The molecule has 2 rings (SSSR count). The highest BCUT2D eigenvalue weighted by Crippen LogP contribution is 2.28. The number of hydrogen-bond acceptors (Lipinski definition) is 3. The number of carbonyl (C=O) groups is 2. The molecule has 2 aromatic carbocycles.